The van der Waals surface area contributed by atoms with Gasteiger partial charge in [-0.05, 0) is 49.6 Å². The van der Waals surface area contributed by atoms with Crippen molar-refractivity contribution in [3.8, 4) is 5.75 Å². The van der Waals surface area contributed by atoms with E-state index in [1.807, 2.05) is 0 Å². The van der Waals surface area contributed by atoms with Gasteiger partial charge in [0.25, 0.3) is 11.8 Å². The number of carbonyl (C=O) groups excluding carboxylic acids is 2. The lowest BCUT2D eigenvalue weighted by Gasteiger charge is -2.21. The van der Waals surface area contributed by atoms with Gasteiger partial charge in [0.05, 0.1) is 28.8 Å². The van der Waals surface area contributed by atoms with Gasteiger partial charge in [-0.1, -0.05) is 25.0 Å². The average Bonchev–Trinajstić information content (AvgIpc) is 3.17. The molecule has 1 fully saturated rings. The number of hydrogen-bond acceptors (Lipinski definition) is 6. The molecule has 2 N–H and O–H groups in total. The van der Waals surface area contributed by atoms with E-state index in [0.29, 0.717) is 43.9 Å². The largest absolute Gasteiger partial charge is 0.496 e. The smallest absolute Gasteiger partial charge is 0.259 e. The van der Waals surface area contributed by atoms with E-state index < -0.39 is 15.9 Å². The van der Waals surface area contributed by atoms with Gasteiger partial charge in [0.15, 0.2) is 0 Å². The lowest BCUT2D eigenvalue weighted by Crippen LogP contribution is -2.32. The molecule has 1 aliphatic heterocycles. The monoisotopic (exact) mass is 503 g/mol. The van der Waals surface area contributed by atoms with Gasteiger partial charge in [0, 0.05) is 33.4 Å². The molecule has 0 atom stereocenters. The van der Waals surface area contributed by atoms with E-state index in [1.54, 1.807) is 31.4 Å². The van der Waals surface area contributed by atoms with Crippen molar-refractivity contribution < 1.29 is 27.5 Å². The molecular weight excluding hydrogens is 470 g/mol. The van der Waals surface area contributed by atoms with E-state index in [4.69, 9.17) is 9.47 Å². The number of para-hydroxylation sites is 1. The molecule has 2 amide bonds. The van der Waals surface area contributed by atoms with E-state index in [1.165, 1.54) is 29.6 Å². The van der Waals surface area contributed by atoms with Crippen LogP contribution in [0.1, 0.15) is 52.8 Å². The van der Waals surface area contributed by atoms with Crippen LogP contribution in [0.3, 0.4) is 0 Å². The van der Waals surface area contributed by atoms with Crippen LogP contribution in [0.2, 0.25) is 0 Å². The Hall–Kier alpha value is -2.95. The first-order chi connectivity index (χ1) is 16.9. The van der Waals surface area contributed by atoms with Gasteiger partial charge in [-0.2, -0.15) is 4.31 Å². The molecule has 0 radical (unpaired) electrons. The number of sulfonamides is 1. The summed E-state index contributed by atoms with van der Waals surface area (Å²) in [5.74, 6) is -0.672. The van der Waals surface area contributed by atoms with Gasteiger partial charge in [0.2, 0.25) is 10.0 Å². The topological polar surface area (TPSA) is 114 Å². The molecule has 0 spiro atoms. The maximum absolute atomic E-state index is 13.3. The zero-order valence-electron chi connectivity index (χ0n) is 20.2. The first kappa shape index (κ1) is 26.7. The Morgan fingerprint density at radius 1 is 0.943 bits per heavy atom. The van der Waals surface area contributed by atoms with Crippen LogP contribution >= 0.6 is 0 Å². The Kier molecular flexibility index (Phi) is 9.64. The summed E-state index contributed by atoms with van der Waals surface area (Å²) >= 11 is 0. The van der Waals surface area contributed by atoms with E-state index in [-0.39, 0.29) is 22.1 Å². The van der Waals surface area contributed by atoms with Gasteiger partial charge < -0.3 is 20.1 Å². The number of ether oxygens (including phenoxy) is 2. The lowest BCUT2D eigenvalue weighted by atomic mass is 10.1. The summed E-state index contributed by atoms with van der Waals surface area (Å²) < 4.78 is 38.3. The van der Waals surface area contributed by atoms with Crippen molar-refractivity contribution in [3.63, 3.8) is 0 Å². The normalized spacial score (nSPS) is 14.7. The fraction of sp³-hybridized carbons (Fsp3) is 0.440. The van der Waals surface area contributed by atoms with Crippen LogP contribution in [-0.2, 0) is 14.8 Å². The molecule has 1 saturated heterocycles. The van der Waals surface area contributed by atoms with Crippen molar-refractivity contribution in [2.75, 3.05) is 45.8 Å². The van der Waals surface area contributed by atoms with Crippen LogP contribution in [0, 0.1) is 0 Å². The van der Waals surface area contributed by atoms with Crippen molar-refractivity contribution in [2.45, 2.75) is 37.0 Å². The summed E-state index contributed by atoms with van der Waals surface area (Å²) in [6.07, 6.45) is 4.29. The minimum absolute atomic E-state index is 0.0366. The molecule has 2 aromatic rings. The summed E-state index contributed by atoms with van der Waals surface area (Å²) in [6.45, 7) is 1.87. The fourth-order valence-electron chi connectivity index (χ4n) is 3.95. The number of benzene rings is 2. The molecule has 190 valence electrons. The number of nitrogens with zero attached hydrogens (tertiary/aromatic N) is 1. The van der Waals surface area contributed by atoms with E-state index in [9.17, 15) is 18.0 Å². The van der Waals surface area contributed by atoms with Crippen molar-refractivity contribution in [3.05, 3.63) is 53.6 Å². The third-order valence-corrected chi connectivity index (χ3v) is 7.74. The molecular formula is C25H33N3O6S. The average molecular weight is 504 g/mol. The van der Waals surface area contributed by atoms with E-state index in [0.717, 1.165) is 25.7 Å². The van der Waals surface area contributed by atoms with Crippen LogP contribution in [0.15, 0.2) is 47.4 Å². The Balaban J connectivity index is 1.84. The summed E-state index contributed by atoms with van der Waals surface area (Å²) in [7, 11) is -0.747. The van der Waals surface area contributed by atoms with E-state index >= 15 is 0 Å². The molecule has 1 aliphatic rings. The van der Waals surface area contributed by atoms with Gasteiger partial charge >= 0.3 is 0 Å². The molecule has 0 aromatic heterocycles. The van der Waals surface area contributed by atoms with Gasteiger partial charge in [-0.25, -0.2) is 8.42 Å². The quantitative estimate of drug-likeness (QED) is 0.481. The third kappa shape index (κ3) is 6.81. The molecule has 0 bridgehead atoms. The van der Waals surface area contributed by atoms with Crippen molar-refractivity contribution in [2.24, 2.45) is 0 Å². The van der Waals surface area contributed by atoms with Crippen molar-refractivity contribution in [1.82, 2.24) is 9.62 Å². The van der Waals surface area contributed by atoms with Gasteiger partial charge in [-0.15, -0.1) is 0 Å². The highest BCUT2D eigenvalue weighted by Crippen LogP contribution is 2.27. The number of rotatable bonds is 10. The molecule has 3 rings (SSSR count). The SMILES string of the molecule is COCCCNC(=O)c1ccccc1NC(=O)c1cc(S(=O)(=O)N2CCCCCC2)ccc1OC. The molecule has 1 heterocycles. The standard InChI is InChI=1S/C25H33N3O6S/c1-33-17-9-14-26-24(29)20-10-5-6-11-22(20)27-25(30)21-18-19(12-13-23(21)34-2)35(31,32)28-15-7-3-4-8-16-28/h5-6,10-13,18H,3-4,7-9,14-17H2,1-2H3,(H,26,29)(H,27,30). The molecule has 9 nitrogen and oxygen atoms in total. The second kappa shape index (κ2) is 12.7. The minimum atomic E-state index is -3.75. The number of nitrogens with one attached hydrogen (secondary N) is 2. The first-order valence-electron chi connectivity index (χ1n) is 11.7. The summed E-state index contributed by atoms with van der Waals surface area (Å²) in [6, 6.07) is 10.9. The predicted octanol–water partition coefficient (Wildman–Crippen LogP) is 3.28. The van der Waals surface area contributed by atoms with Crippen LogP contribution in [-0.4, -0.2) is 65.0 Å². The van der Waals surface area contributed by atoms with Crippen LogP contribution in [0.5, 0.6) is 5.75 Å². The molecule has 0 saturated carbocycles. The van der Waals surface area contributed by atoms with E-state index in [2.05, 4.69) is 10.6 Å². The van der Waals surface area contributed by atoms with Gasteiger partial charge in [0.1, 0.15) is 5.75 Å². The Morgan fingerprint density at radius 2 is 1.66 bits per heavy atom. The number of hydrogen-bond donors (Lipinski definition) is 2. The Bertz CT molecular complexity index is 1130. The third-order valence-electron chi connectivity index (χ3n) is 5.85. The second-order valence-corrected chi connectivity index (χ2v) is 10.2. The zero-order chi connectivity index (χ0) is 25.3. The molecule has 35 heavy (non-hydrogen) atoms. The molecule has 2 aromatic carbocycles. The Morgan fingerprint density at radius 3 is 2.34 bits per heavy atom. The number of anilines is 1. The van der Waals surface area contributed by atoms with Crippen LogP contribution < -0.4 is 15.4 Å². The summed E-state index contributed by atoms with van der Waals surface area (Å²) in [5.41, 5.74) is 0.675. The number of amides is 2. The molecule has 10 heteroatoms. The summed E-state index contributed by atoms with van der Waals surface area (Å²) in [5, 5.41) is 5.54. The zero-order valence-corrected chi connectivity index (χ0v) is 21.0. The first-order valence-corrected chi connectivity index (χ1v) is 13.2. The molecule has 0 aliphatic carbocycles. The maximum atomic E-state index is 13.3. The van der Waals surface area contributed by atoms with Gasteiger partial charge in [-0.3, -0.25) is 9.59 Å². The molecule has 0 unspecified atom stereocenters. The van der Waals surface area contributed by atoms with Crippen molar-refractivity contribution in [1.29, 1.82) is 0 Å². The fourth-order valence-corrected chi connectivity index (χ4v) is 5.49. The second-order valence-electron chi connectivity index (χ2n) is 8.28. The number of carbonyl (C=O) groups is 2. The minimum Gasteiger partial charge on any atom is -0.496 e. The van der Waals surface area contributed by atoms with Crippen LogP contribution in [0.25, 0.3) is 0 Å². The van der Waals surface area contributed by atoms with Crippen LogP contribution in [0.4, 0.5) is 5.69 Å². The highest BCUT2D eigenvalue weighted by molar-refractivity contribution is 7.89. The lowest BCUT2D eigenvalue weighted by molar-refractivity contribution is 0.0949. The highest BCUT2D eigenvalue weighted by atomic mass is 32.2. The number of methoxy groups -OCH3 is 2. The maximum Gasteiger partial charge on any atom is 0.259 e. The predicted molar refractivity (Wildman–Crippen MR) is 133 cm³/mol. The summed E-state index contributed by atoms with van der Waals surface area (Å²) in [4.78, 5) is 25.9. The Labute approximate surface area is 206 Å². The highest BCUT2D eigenvalue weighted by Gasteiger charge is 2.27. The van der Waals surface area contributed by atoms with Crippen molar-refractivity contribution >= 4 is 27.5 Å².